The first kappa shape index (κ1) is 15.0. The molecule has 3 rings (SSSR count). The zero-order valence-corrected chi connectivity index (χ0v) is 14.5. The molecule has 106 valence electrons. The number of aryl methyl sites for hydroxylation is 2. The van der Waals surface area contributed by atoms with Crippen LogP contribution in [0.15, 0.2) is 4.99 Å². The molecule has 0 amide bonds. The summed E-state index contributed by atoms with van der Waals surface area (Å²) < 4.78 is 0. The Balaban J connectivity index is 0.00000133. The smallest absolute Gasteiger partial charge is 0.193 e. The van der Waals surface area contributed by atoms with Crippen LogP contribution >= 0.6 is 35.3 Å². The topological polar surface area (TPSA) is 40.5 Å². The average molecular weight is 392 g/mol. The van der Waals surface area contributed by atoms with E-state index in [4.69, 9.17) is 4.98 Å². The minimum atomic E-state index is 0. The molecule has 0 unspecified atom stereocenters. The van der Waals surface area contributed by atoms with E-state index in [1.165, 1.54) is 41.3 Å². The third-order valence-electron chi connectivity index (χ3n) is 3.57. The SMILES string of the molecule is CN1CCN=C1NCCc1nc2c(s1)CCCC2.I. The maximum atomic E-state index is 4.76. The van der Waals surface area contributed by atoms with Gasteiger partial charge in [0.1, 0.15) is 0 Å². The predicted octanol–water partition coefficient (Wildman–Crippen LogP) is 2.07. The van der Waals surface area contributed by atoms with Gasteiger partial charge >= 0.3 is 0 Å². The molecule has 0 spiro atoms. The number of hydrogen-bond acceptors (Lipinski definition) is 5. The first-order valence-corrected chi connectivity index (χ1v) is 7.61. The third kappa shape index (κ3) is 3.59. The molecule has 1 N–H and O–H groups in total. The van der Waals surface area contributed by atoms with Gasteiger partial charge < -0.3 is 10.2 Å². The molecule has 0 aromatic carbocycles. The van der Waals surface area contributed by atoms with Crippen molar-refractivity contribution >= 4 is 41.3 Å². The lowest BCUT2D eigenvalue weighted by molar-refractivity contribution is 0.534. The van der Waals surface area contributed by atoms with Crippen LogP contribution in [0, 0.1) is 0 Å². The molecule has 0 saturated heterocycles. The second-order valence-electron chi connectivity index (χ2n) is 4.99. The van der Waals surface area contributed by atoms with Crippen molar-refractivity contribution < 1.29 is 0 Å². The van der Waals surface area contributed by atoms with Crippen molar-refractivity contribution in [3.8, 4) is 0 Å². The van der Waals surface area contributed by atoms with Gasteiger partial charge in [0.2, 0.25) is 0 Å². The highest BCUT2D eigenvalue weighted by Crippen LogP contribution is 2.26. The van der Waals surface area contributed by atoms with Crippen LogP contribution in [0.1, 0.15) is 28.4 Å². The Hall–Kier alpha value is -0.370. The summed E-state index contributed by atoms with van der Waals surface area (Å²) in [6.07, 6.45) is 6.11. The molecule has 0 atom stereocenters. The molecule has 1 aromatic heterocycles. The monoisotopic (exact) mass is 392 g/mol. The van der Waals surface area contributed by atoms with Gasteiger partial charge in [-0.2, -0.15) is 0 Å². The van der Waals surface area contributed by atoms with E-state index in [0.29, 0.717) is 0 Å². The van der Waals surface area contributed by atoms with Crippen LogP contribution < -0.4 is 5.32 Å². The summed E-state index contributed by atoms with van der Waals surface area (Å²) >= 11 is 1.91. The van der Waals surface area contributed by atoms with E-state index in [-0.39, 0.29) is 24.0 Å². The van der Waals surface area contributed by atoms with E-state index in [1.807, 2.05) is 11.3 Å². The van der Waals surface area contributed by atoms with Gasteiger partial charge in [0.05, 0.1) is 17.2 Å². The summed E-state index contributed by atoms with van der Waals surface area (Å²) in [5, 5.41) is 4.69. The second kappa shape index (κ2) is 6.88. The highest BCUT2D eigenvalue weighted by molar-refractivity contribution is 14.0. The van der Waals surface area contributed by atoms with Crippen LogP contribution in [0.3, 0.4) is 0 Å². The first-order chi connectivity index (χ1) is 8.83. The number of halogens is 1. The number of guanidine groups is 1. The fraction of sp³-hybridized carbons (Fsp3) is 0.692. The Morgan fingerprint density at radius 2 is 2.16 bits per heavy atom. The van der Waals surface area contributed by atoms with Gasteiger partial charge in [-0.25, -0.2) is 4.98 Å². The van der Waals surface area contributed by atoms with Gasteiger partial charge in [-0.1, -0.05) is 0 Å². The second-order valence-corrected chi connectivity index (χ2v) is 6.16. The summed E-state index contributed by atoms with van der Waals surface area (Å²) in [5.74, 6) is 1.04. The number of nitrogens with zero attached hydrogens (tertiary/aromatic N) is 3. The normalized spacial score (nSPS) is 17.7. The number of nitrogens with one attached hydrogen (secondary N) is 1. The van der Waals surface area contributed by atoms with Crippen molar-refractivity contribution in [2.24, 2.45) is 4.99 Å². The van der Waals surface area contributed by atoms with Crippen molar-refractivity contribution in [3.63, 3.8) is 0 Å². The number of rotatable bonds is 3. The standard InChI is InChI=1S/C13H20N4S.HI/c1-17-9-8-15-13(17)14-7-6-12-16-10-4-2-3-5-11(10)18-12;/h2-9H2,1H3,(H,14,15);1H. The molecule has 0 bridgehead atoms. The minimum Gasteiger partial charge on any atom is -0.356 e. The van der Waals surface area contributed by atoms with E-state index >= 15 is 0 Å². The van der Waals surface area contributed by atoms with Gasteiger partial charge in [0.15, 0.2) is 5.96 Å². The Morgan fingerprint density at radius 3 is 2.89 bits per heavy atom. The molecule has 6 heteroatoms. The maximum Gasteiger partial charge on any atom is 0.193 e. The zero-order chi connectivity index (χ0) is 12.4. The van der Waals surface area contributed by atoms with Gasteiger partial charge in [-0.05, 0) is 25.7 Å². The molecular formula is C13H21IN4S. The molecule has 1 aliphatic carbocycles. The molecule has 19 heavy (non-hydrogen) atoms. The largest absolute Gasteiger partial charge is 0.356 e. The molecule has 0 radical (unpaired) electrons. The number of aliphatic imine (C=N–C) groups is 1. The van der Waals surface area contributed by atoms with E-state index in [0.717, 1.165) is 32.0 Å². The quantitative estimate of drug-likeness (QED) is 0.801. The Bertz CT molecular complexity index is 434. The van der Waals surface area contributed by atoms with Crippen LogP contribution in [0.4, 0.5) is 0 Å². The van der Waals surface area contributed by atoms with Gasteiger partial charge in [0, 0.05) is 31.4 Å². The number of fused-ring (bicyclic) bond motifs is 1. The average Bonchev–Trinajstić information content (AvgIpc) is 2.96. The maximum absolute atomic E-state index is 4.76. The zero-order valence-electron chi connectivity index (χ0n) is 11.3. The van der Waals surface area contributed by atoms with E-state index in [1.54, 1.807) is 0 Å². The predicted molar refractivity (Wildman–Crippen MR) is 90.8 cm³/mol. The van der Waals surface area contributed by atoms with Crippen molar-refractivity contribution in [2.75, 3.05) is 26.7 Å². The summed E-state index contributed by atoms with van der Waals surface area (Å²) in [7, 11) is 2.08. The number of likely N-dealkylation sites (N-methyl/N-ethyl adjacent to an activating group) is 1. The fourth-order valence-corrected chi connectivity index (χ4v) is 3.67. The lowest BCUT2D eigenvalue weighted by Crippen LogP contribution is -2.36. The molecular weight excluding hydrogens is 371 g/mol. The molecule has 2 heterocycles. The highest BCUT2D eigenvalue weighted by Gasteiger charge is 2.15. The summed E-state index contributed by atoms with van der Waals surface area (Å²) in [6, 6.07) is 0. The molecule has 0 saturated carbocycles. The van der Waals surface area contributed by atoms with Gasteiger partial charge in [-0.15, -0.1) is 35.3 Å². The summed E-state index contributed by atoms with van der Waals surface area (Å²) in [6.45, 7) is 2.90. The third-order valence-corrected chi connectivity index (χ3v) is 4.79. The first-order valence-electron chi connectivity index (χ1n) is 6.80. The molecule has 1 aromatic rings. The Morgan fingerprint density at radius 1 is 1.32 bits per heavy atom. The Labute approximate surface area is 135 Å². The summed E-state index contributed by atoms with van der Waals surface area (Å²) in [4.78, 5) is 12.9. The van der Waals surface area contributed by atoms with Crippen molar-refractivity contribution in [1.82, 2.24) is 15.2 Å². The van der Waals surface area contributed by atoms with E-state index in [2.05, 4.69) is 22.3 Å². The van der Waals surface area contributed by atoms with Crippen molar-refractivity contribution in [3.05, 3.63) is 15.6 Å². The van der Waals surface area contributed by atoms with Crippen LogP contribution in [0.2, 0.25) is 0 Å². The molecule has 4 nitrogen and oxygen atoms in total. The van der Waals surface area contributed by atoms with Crippen LogP contribution in [0.25, 0.3) is 0 Å². The fourth-order valence-electron chi connectivity index (χ4n) is 2.52. The summed E-state index contributed by atoms with van der Waals surface area (Å²) in [5.41, 5.74) is 1.37. The molecule has 0 fully saturated rings. The van der Waals surface area contributed by atoms with Crippen molar-refractivity contribution in [1.29, 1.82) is 0 Å². The molecule has 1 aliphatic heterocycles. The van der Waals surface area contributed by atoms with Gasteiger partial charge in [0.25, 0.3) is 0 Å². The van der Waals surface area contributed by atoms with Crippen LogP contribution in [-0.2, 0) is 19.3 Å². The van der Waals surface area contributed by atoms with Crippen molar-refractivity contribution in [2.45, 2.75) is 32.1 Å². The Kier molecular flexibility index (Phi) is 5.44. The van der Waals surface area contributed by atoms with Crippen LogP contribution in [0.5, 0.6) is 0 Å². The van der Waals surface area contributed by atoms with Gasteiger partial charge in [-0.3, -0.25) is 4.99 Å². The molecule has 2 aliphatic rings. The number of hydrogen-bond donors (Lipinski definition) is 1. The lowest BCUT2D eigenvalue weighted by atomic mass is 10.0. The highest BCUT2D eigenvalue weighted by atomic mass is 127. The van der Waals surface area contributed by atoms with E-state index in [9.17, 15) is 0 Å². The number of thiazole rings is 1. The lowest BCUT2D eigenvalue weighted by Gasteiger charge is -2.14. The number of aromatic nitrogens is 1. The van der Waals surface area contributed by atoms with Crippen LogP contribution in [-0.4, -0.2) is 42.5 Å². The van der Waals surface area contributed by atoms with E-state index < -0.39 is 0 Å². The minimum absolute atomic E-state index is 0.